The SMILES string of the molecule is CCN(CC)CCOc1cnc2[nH]cc(Cc3ccc(NCC4C=CC(C(F)(F)F)=CC4)nc3)c2c1. The van der Waals surface area contributed by atoms with Crippen molar-refractivity contribution >= 4 is 16.9 Å². The number of fused-ring (bicyclic) bond motifs is 1. The van der Waals surface area contributed by atoms with Crippen molar-refractivity contribution in [1.29, 1.82) is 0 Å². The number of rotatable bonds is 11. The van der Waals surface area contributed by atoms with E-state index in [9.17, 15) is 13.2 Å². The highest BCUT2D eigenvalue weighted by molar-refractivity contribution is 5.81. The highest BCUT2D eigenvalue weighted by Gasteiger charge is 2.32. The largest absolute Gasteiger partial charge is 0.491 e. The lowest BCUT2D eigenvalue weighted by molar-refractivity contribution is -0.0887. The van der Waals surface area contributed by atoms with Gasteiger partial charge in [0.15, 0.2) is 0 Å². The maximum atomic E-state index is 12.7. The molecule has 0 bridgehead atoms. The average molecular weight is 500 g/mol. The molecule has 4 rings (SSSR count). The first kappa shape index (κ1) is 25.8. The number of ether oxygens (including phenoxy) is 1. The number of H-pyrrole nitrogens is 1. The third kappa shape index (κ3) is 6.66. The van der Waals surface area contributed by atoms with E-state index in [0.29, 0.717) is 31.8 Å². The number of aromatic amines is 1. The number of pyridine rings is 2. The summed E-state index contributed by atoms with van der Waals surface area (Å²) < 4.78 is 44.2. The molecule has 2 N–H and O–H groups in total. The Labute approximate surface area is 209 Å². The number of allylic oxidation sites excluding steroid dienone is 3. The summed E-state index contributed by atoms with van der Waals surface area (Å²) in [6.07, 6.45) is 6.29. The number of nitrogens with zero attached hydrogens (tertiary/aromatic N) is 3. The van der Waals surface area contributed by atoms with Crippen molar-refractivity contribution in [2.45, 2.75) is 32.9 Å². The molecule has 0 radical (unpaired) electrons. The second-order valence-corrected chi connectivity index (χ2v) is 8.88. The smallest absolute Gasteiger partial charge is 0.416 e. The molecule has 0 aliphatic heterocycles. The van der Waals surface area contributed by atoms with Crippen molar-refractivity contribution in [2.24, 2.45) is 5.92 Å². The number of nitrogens with one attached hydrogen (secondary N) is 2. The van der Waals surface area contributed by atoms with E-state index in [1.165, 1.54) is 6.08 Å². The highest BCUT2D eigenvalue weighted by Crippen LogP contribution is 2.31. The highest BCUT2D eigenvalue weighted by atomic mass is 19.4. The second-order valence-electron chi connectivity index (χ2n) is 8.88. The molecule has 36 heavy (non-hydrogen) atoms. The summed E-state index contributed by atoms with van der Waals surface area (Å²) in [7, 11) is 0. The van der Waals surface area contributed by atoms with Gasteiger partial charge in [-0.25, -0.2) is 9.97 Å². The van der Waals surface area contributed by atoms with Crippen molar-refractivity contribution in [3.8, 4) is 5.75 Å². The van der Waals surface area contributed by atoms with Crippen molar-refractivity contribution in [3.05, 3.63) is 71.7 Å². The number of halogens is 3. The topological polar surface area (TPSA) is 66.1 Å². The van der Waals surface area contributed by atoms with Crippen molar-refractivity contribution in [3.63, 3.8) is 0 Å². The Morgan fingerprint density at radius 2 is 2.00 bits per heavy atom. The zero-order chi connectivity index (χ0) is 25.5. The molecular weight excluding hydrogens is 467 g/mol. The Morgan fingerprint density at radius 1 is 1.17 bits per heavy atom. The van der Waals surface area contributed by atoms with E-state index < -0.39 is 11.7 Å². The maximum Gasteiger partial charge on any atom is 0.416 e. The Bertz CT molecular complexity index is 1200. The van der Waals surface area contributed by atoms with Gasteiger partial charge in [-0.3, -0.25) is 0 Å². The van der Waals surface area contributed by atoms with E-state index in [4.69, 9.17) is 4.74 Å². The van der Waals surface area contributed by atoms with Crippen LogP contribution in [-0.2, 0) is 6.42 Å². The Hall–Kier alpha value is -3.33. The lowest BCUT2D eigenvalue weighted by atomic mass is 9.96. The van der Waals surface area contributed by atoms with Gasteiger partial charge in [-0.2, -0.15) is 13.2 Å². The van der Waals surface area contributed by atoms with E-state index in [2.05, 4.69) is 39.0 Å². The van der Waals surface area contributed by atoms with E-state index in [0.717, 1.165) is 53.6 Å². The molecule has 0 saturated carbocycles. The first-order chi connectivity index (χ1) is 17.4. The monoisotopic (exact) mass is 499 g/mol. The van der Waals surface area contributed by atoms with Crippen LogP contribution in [0, 0.1) is 5.92 Å². The van der Waals surface area contributed by atoms with E-state index >= 15 is 0 Å². The lowest BCUT2D eigenvalue weighted by Crippen LogP contribution is -2.27. The number of alkyl halides is 3. The van der Waals surface area contributed by atoms with Gasteiger partial charge in [0.25, 0.3) is 0 Å². The molecule has 1 atom stereocenters. The molecule has 1 unspecified atom stereocenters. The molecule has 1 aliphatic rings. The summed E-state index contributed by atoms with van der Waals surface area (Å²) in [6, 6.07) is 5.92. The predicted molar refractivity (Wildman–Crippen MR) is 136 cm³/mol. The first-order valence-corrected chi connectivity index (χ1v) is 12.3. The van der Waals surface area contributed by atoms with Crippen molar-refractivity contribution in [1.82, 2.24) is 19.9 Å². The van der Waals surface area contributed by atoms with Gasteiger partial charge < -0.3 is 19.9 Å². The molecule has 0 fully saturated rings. The number of likely N-dealkylation sites (N-methyl/N-ethyl adjacent to an activating group) is 1. The molecule has 1 aliphatic carbocycles. The Balaban J connectivity index is 1.32. The summed E-state index contributed by atoms with van der Waals surface area (Å²) in [6.45, 7) is 8.29. The van der Waals surface area contributed by atoms with Crippen LogP contribution in [0.5, 0.6) is 5.75 Å². The van der Waals surface area contributed by atoms with Gasteiger partial charge in [-0.1, -0.05) is 38.1 Å². The Morgan fingerprint density at radius 3 is 2.67 bits per heavy atom. The molecule has 0 spiro atoms. The molecule has 0 saturated heterocycles. The van der Waals surface area contributed by atoms with Crippen LogP contribution in [0.15, 0.2) is 60.6 Å². The van der Waals surface area contributed by atoms with Crippen LogP contribution >= 0.6 is 0 Å². The normalized spacial score (nSPS) is 15.9. The zero-order valence-corrected chi connectivity index (χ0v) is 20.6. The summed E-state index contributed by atoms with van der Waals surface area (Å²) in [5, 5.41) is 4.24. The molecule has 3 heterocycles. The molecule has 9 heteroatoms. The molecule has 0 aromatic carbocycles. The predicted octanol–water partition coefficient (Wildman–Crippen LogP) is 5.75. The fourth-order valence-electron chi connectivity index (χ4n) is 4.21. The van der Waals surface area contributed by atoms with Crippen LogP contribution in [-0.4, -0.2) is 58.8 Å². The summed E-state index contributed by atoms with van der Waals surface area (Å²) in [5.74, 6) is 1.45. The molecule has 3 aromatic rings. The minimum atomic E-state index is -4.28. The van der Waals surface area contributed by atoms with Gasteiger partial charge in [-0.15, -0.1) is 0 Å². The first-order valence-electron chi connectivity index (χ1n) is 12.3. The van der Waals surface area contributed by atoms with E-state index in [1.54, 1.807) is 12.3 Å². The van der Waals surface area contributed by atoms with Crippen LogP contribution in [0.1, 0.15) is 31.4 Å². The number of hydrogen-bond donors (Lipinski definition) is 2. The molecule has 3 aromatic heterocycles. The maximum absolute atomic E-state index is 12.7. The van der Waals surface area contributed by atoms with Crippen molar-refractivity contribution < 1.29 is 17.9 Å². The van der Waals surface area contributed by atoms with Crippen molar-refractivity contribution in [2.75, 3.05) is 38.1 Å². The van der Waals surface area contributed by atoms with Crippen LogP contribution < -0.4 is 10.1 Å². The zero-order valence-electron chi connectivity index (χ0n) is 20.6. The van der Waals surface area contributed by atoms with Gasteiger partial charge in [0, 0.05) is 37.3 Å². The summed E-state index contributed by atoms with van der Waals surface area (Å²) >= 11 is 0. The van der Waals surface area contributed by atoms with Crippen LogP contribution in [0.3, 0.4) is 0 Å². The summed E-state index contributed by atoms with van der Waals surface area (Å²) in [4.78, 5) is 14.5. The van der Waals surface area contributed by atoms with Gasteiger partial charge in [0.1, 0.15) is 23.8 Å². The fraction of sp³-hybridized carbons (Fsp3) is 0.407. The van der Waals surface area contributed by atoms with Gasteiger partial charge >= 0.3 is 6.18 Å². The molecule has 192 valence electrons. The number of hydrogen-bond acceptors (Lipinski definition) is 5. The van der Waals surface area contributed by atoms with Crippen LogP contribution in [0.2, 0.25) is 0 Å². The third-order valence-corrected chi connectivity index (χ3v) is 6.44. The van der Waals surface area contributed by atoms with Gasteiger partial charge in [-0.05, 0) is 48.7 Å². The fourth-order valence-corrected chi connectivity index (χ4v) is 4.21. The summed E-state index contributed by atoms with van der Waals surface area (Å²) in [5.41, 5.74) is 2.39. The number of aromatic nitrogens is 3. The van der Waals surface area contributed by atoms with Crippen LogP contribution in [0.4, 0.5) is 19.0 Å². The quantitative estimate of drug-likeness (QED) is 0.352. The molecule has 6 nitrogen and oxygen atoms in total. The molecule has 0 amide bonds. The lowest BCUT2D eigenvalue weighted by Gasteiger charge is -2.18. The minimum absolute atomic E-state index is 0.000250. The minimum Gasteiger partial charge on any atom is -0.491 e. The van der Waals surface area contributed by atoms with E-state index in [1.807, 2.05) is 30.6 Å². The number of anilines is 1. The third-order valence-electron chi connectivity index (χ3n) is 6.44. The van der Waals surface area contributed by atoms with Gasteiger partial charge in [0.2, 0.25) is 0 Å². The van der Waals surface area contributed by atoms with E-state index in [-0.39, 0.29) is 5.92 Å². The average Bonchev–Trinajstić information content (AvgIpc) is 3.28. The standard InChI is InChI=1S/C27H32F3N5O/c1-3-35(4-2)11-12-36-23-14-24-21(17-33-26(24)34-18-23)13-20-7-10-25(32-16-20)31-15-19-5-8-22(9-6-19)27(28,29)30/h5,7-10,14,16-19H,3-4,6,11-13,15H2,1-2H3,(H,31,32)(H,33,34). The second kappa shape index (κ2) is 11.6. The Kier molecular flexibility index (Phi) is 8.30. The van der Waals surface area contributed by atoms with Crippen LogP contribution in [0.25, 0.3) is 11.0 Å². The van der Waals surface area contributed by atoms with Gasteiger partial charge in [0.05, 0.1) is 11.8 Å². The molecular formula is C27H32F3N5O.